The highest BCUT2D eigenvalue weighted by Crippen LogP contribution is 2.38. The quantitative estimate of drug-likeness (QED) is 0.0875. The topological polar surface area (TPSA) is 106 Å². The van der Waals surface area contributed by atoms with Gasteiger partial charge in [0.15, 0.2) is 0 Å². The van der Waals surface area contributed by atoms with Gasteiger partial charge in [-0.15, -0.1) is 11.8 Å². The van der Waals surface area contributed by atoms with Gasteiger partial charge in [0.25, 0.3) is 11.8 Å². The zero-order valence-electron chi connectivity index (χ0n) is 28.0. The van der Waals surface area contributed by atoms with E-state index >= 15 is 0 Å². The van der Waals surface area contributed by atoms with Gasteiger partial charge >= 0.3 is 0 Å². The molecule has 0 bridgehead atoms. The summed E-state index contributed by atoms with van der Waals surface area (Å²) in [6.45, 7) is 0. The molecule has 0 saturated carbocycles. The van der Waals surface area contributed by atoms with E-state index in [9.17, 15) is 14.4 Å². The second-order valence-electron chi connectivity index (χ2n) is 11.4. The molecule has 6 aromatic carbocycles. The van der Waals surface area contributed by atoms with Gasteiger partial charge in [0.05, 0.1) is 14.2 Å². The first kappa shape index (κ1) is 34.5. The van der Waals surface area contributed by atoms with Crippen molar-refractivity contribution < 1.29 is 23.9 Å². The SMILES string of the molecule is COc1ccc(OC)c(/C=C(/NC(=O)c2ccccc2)C(=O)Nc2cccc(SC(C(=O)Nc3cccc4ccccc34)c3ccccc3)c2)c1. The van der Waals surface area contributed by atoms with Gasteiger partial charge in [0.2, 0.25) is 5.91 Å². The van der Waals surface area contributed by atoms with Crippen molar-refractivity contribution in [2.24, 2.45) is 0 Å². The fourth-order valence-electron chi connectivity index (χ4n) is 5.47. The molecule has 0 aliphatic heterocycles. The predicted molar refractivity (Wildman–Crippen MR) is 204 cm³/mol. The molecule has 9 heteroatoms. The Bertz CT molecular complexity index is 2200. The Balaban J connectivity index is 1.27. The molecule has 0 radical (unpaired) electrons. The van der Waals surface area contributed by atoms with Gasteiger partial charge in [-0.1, -0.05) is 91.0 Å². The third-order valence-corrected chi connectivity index (χ3v) is 9.25. The van der Waals surface area contributed by atoms with Crippen LogP contribution in [0.2, 0.25) is 0 Å². The molecule has 0 aliphatic carbocycles. The number of hydrogen-bond acceptors (Lipinski definition) is 6. The van der Waals surface area contributed by atoms with Gasteiger partial charge in [-0.3, -0.25) is 14.4 Å². The van der Waals surface area contributed by atoms with Crippen LogP contribution in [-0.2, 0) is 9.59 Å². The van der Waals surface area contributed by atoms with E-state index in [2.05, 4.69) is 16.0 Å². The van der Waals surface area contributed by atoms with Crippen molar-refractivity contribution in [3.63, 3.8) is 0 Å². The van der Waals surface area contributed by atoms with Crippen LogP contribution in [0, 0.1) is 0 Å². The summed E-state index contributed by atoms with van der Waals surface area (Å²) >= 11 is 1.37. The second kappa shape index (κ2) is 16.4. The summed E-state index contributed by atoms with van der Waals surface area (Å²) in [5.41, 5.74) is 2.94. The van der Waals surface area contributed by atoms with Crippen molar-refractivity contribution in [1.29, 1.82) is 0 Å². The molecule has 0 aromatic heterocycles. The van der Waals surface area contributed by atoms with Gasteiger partial charge in [-0.2, -0.15) is 0 Å². The lowest BCUT2D eigenvalue weighted by atomic mass is 10.1. The van der Waals surface area contributed by atoms with Crippen molar-refractivity contribution in [1.82, 2.24) is 5.32 Å². The number of rotatable bonds is 12. The van der Waals surface area contributed by atoms with E-state index < -0.39 is 17.1 Å². The minimum Gasteiger partial charge on any atom is -0.497 e. The van der Waals surface area contributed by atoms with E-state index in [0.29, 0.717) is 28.3 Å². The average molecular weight is 694 g/mol. The third-order valence-electron chi connectivity index (χ3n) is 8.00. The maximum atomic E-state index is 13.9. The van der Waals surface area contributed by atoms with E-state index in [0.717, 1.165) is 26.9 Å². The lowest BCUT2D eigenvalue weighted by molar-refractivity contribution is -0.116. The van der Waals surface area contributed by atoms with E-state index in [4.69, 9.17) is 9.47 Å². The maximum Gasteiger partial charge on any atom is 0.272 e. The molecule has 6 aromatic rings. The molecule has 0 spiro atoms. The number of amides is 3. The zero-order valence-corrected chi connectivity index (χ0v) is 28.8. The number of nitrogens with one attached hydrogen (secondary N) is 3. The van der Waals surface area contributed by atoms with Crippen LogP contribution in [0.4, 0.5) is 11.4 Å². The van der Waals surface area contributed by atoms with Gasteiger partial charge in [0.1, 0.15) is 22.4 Å². The normalized spacial score (nSPS) is 11.7. The van der Waals surface area contributed by atoms with Crippen LogP contribution in [0.15, 0.2) is 156 Å². The van der Waals surface area contributed by atoms with Crippen molar-refractivity contribution in [3.8, 4) is 11.5 Å². The lowest BCUT2D eigenvalue weighted by Gasteiger charge is -2.18. The van der Waals surface area contributed by atoms with Crippen molar-refractivity contribution in [2.45, 2.75) is 10.1 Å². The van der Waals surface area contributed by atoms with E-state index in [1.54, 1.807) is 73.8 Å². The minimum absolute atomic E-state index is 0.00918. The monoisotopic (exact) mass is 693 g/mol. The Morgan fingerprint density at radius 3 is 2.16 bits per heavy atom. The highest BCUT2D eigenvalue weighted by atomic mass is 32.2. The Kier molecular flexibility index (Phi) is 11.1. The first-order chi connectivity index (χ1) is 24.9. The molecule has 0 fully saturated rings. The number of anilines is 2. The number of benzene rings is 6. The van der Waals surface area contributed by atoms with Gasteiger partial charge in [-0.05, 0) is 71.6 Å². The molecule has 51 heavy (non-hydrogen) atoms. The molecular weight excluding hydrogens is 659 g/mol. The predicted octanol–water partition coefficient (Wildman–Crippen LogP) is 8.74. The summed E-state index contributed by atoms with van der Waals surface area (Å²) in [5.74, 6) is -0.149. The molecule has 3 N–H and O–H groups in total. The first-order valence-corrected chi connectivity index (χ1v) is 17.0. The first-order valence-electron chi connectivity index (χ1n) is 16.1. The molecular formula is C42H35N3O5S. The summed E-state index contributed by atoms with van der Waals surface area (Å²) in [4.78, 5) is 41.8. The van der Waals surface area contributed by atoms with Crippen molar-refractivity contribution in [2.75, 3.05) is 24.9 Å². The zero-order chi connectivity index (χ0) is 35.6. The molecule has 1 unspecified atom stereocenters. The van der Waals surface area contributed by atoms with Crippen LogP contribution in [0.1, 0.15) is 26.7 Å². The van der Waals surface area contributed by atoms with Crippen LogP contribution in [0.3, 0.4) is 0 Å². The largest absolute Gasteiger partial charge is 0.497 e. The number of ether oxygens (including phenoxy) is 2. The fourth-order valence-corrected chi connectivity index (χ4v) is 6.55. The Morgan fingerprint density at radius 2 is 1.39 bits per heavy atom. The number of thioether (sulfide) groups is 1. The number of hydrogen-bond donors (Lipinski definition) is 3. The van der Waals surface area contributed by atoms with Crippen LogP contribution < -0.4 is 25.4 Å². The van der Waals surface area contributed by atoms with E-state index in [1.807, 2.05) is 84.9 Å². The van der Waals surface area contributed by atoms with Crippen LogP contribution in [-0.4, -0.2) is 31.9 Å². The van der Waals surface area contributed by atoms with Crippen LogP contribution >= 0.6 is 11.8 Å². The number of carbonyl (C=O) groups is 3. The summed E-state index contributed by atoms with van der Waals surface area (Å²) in [5, 5.41) is 10.2. The van der Waals surface area contributed by atoms with Gasteiger partial charge < -0.3 is 25.4 Å². The summed E-state index contributed by atoms with van der Waals surface area (Å²) in [7, 11) is 3.07. The second-order valence-corrected chi connectivity index (χ2v) is 12.6. The van der Waals surface area contributed by atoms with Crippen LogP contribution in [0.25, 0.3) is 16.8 Å². The van der Waals surface area contributed by atoms with Gasteiger partial charge in [0, 0.05) is 32.8 Å². The average Bonchev–Trinajstić information content (AvgIpc) is 3.17. The maximum absolute atomic E-state index is 13.9. The number of methoxy groups -OCH3 is 2. The number of carbonyl (C=O) groups excluding carboxylic acids is 3. The van der Waals surface area contributed by atoms with E-state index in [-0.39, 0.29) is 11.6 Å². The Labute approximate surface area is 300 Å². The highest BCUT2D eigenvalue weighted by molar-refractivity contribution is 8.00. The molecule has 0 heterocycles. The fraction of sp³-hybridized carbons (Fsp3) is 0.0714. The summed E-state index contributed by atoms with van der Waals surface area (Å²) in [6.07, 6.45) is 1.54. The van der Waals surface area contributed by atoms with Gasteiger partial charge in [-0.25, -0.2) is 0 Å². The number of fused-ring (bicyclic) bond motifs is 1. The Hall–Kier alpha value is -6.32. The van der Waals surface area contributed by atoms with Crippen LogP contribution in [0.5, 0.6) is 11.5 Å². The summed E-state index contributed by atoms with van der Waals surface area (Å²) < 4.78 is 10.9. The molecule has 3 amide bonds. The third kappa shape index (κ3) is 8.65. The highest BCUT2D eigenvalue weighted by Gasteiger charge is 2.23. The standard InChI is InChI=1S/C42H35N3O5S/c1-49-33-23-24-38(50-2)31(25-33)26-37(45-40(46)30-16-7-4-8-17-30)41(47)43-32-19-12-20-34(27-32)51-39(29-14-5-3-6-15-29)42(48)44-36-22-11-18-28-13-9-10-21-35(28)36/h3-27,39H,1-2H3,(H,43,47)(H,44,48)(H,45,46)/b37-26+. The lowest BCUT2D eigenvalue weighted by Crippen LogP contribution is -2.30. The van der Waals surface area contributed by atoms with Crippen molar-refractivity contribution in [3.05, 3.63) is 168 Å². The molecule has 254 valence electrons. The molecule has 1 atom stereocenters. The molecule has 6 rings (SSSR count). The molecule has 8 nitrogen and oxygen atoms in total. The summed E-state index contributed by atoms with van der Waals surface area (Å²) in [6, 6.07) is 44.3. The molecule has 0 aliphatic rings. The minimum atomic E-state index is -0.600. The molecule has 0 saturated heterocycles. The Morgan fingerprint density at radius 1 is 0.686 bits per heavy atom. The smallest absolute Gasteiger partial charge is 0.272 e. The van der Waals surface area contributed by atoms with Crippen molar-refractivity contribution >= 4 is 57.7 Å². The van der Waals surface area contributed by atoms with E-state index in [1.165, 1.54) is 18.9 Å².